The number of carboxylic acids is 1. The van der Waals surface area contributed by atoms with Crippen LogP contribution in [-0.4, -0.2) is 48.4 Å². The zero-order chi connectivity index (χ0) is 24.3. The molecule has 0 saturated heterocycles. The fraction of sp³-hybridized carbons (Fsp3) is 0.545. The number of nitrogens with two attached hydrogens (primary N) is 1. The number of ether oxygens (including phenoxy) is 4. The highest BCUT2D eigenvalue weighted by atomic mass is 16.7. The maximum Gasteiger partial charge on any atom is 0.508 e. The van der Waals surface area contributed by atoms with Gasteiger partial charge in [-0.3, -0.25) is 14.4 Å². The Morgan fingerprint density at radius 2 is 1.62 bits per heavy atom. The summed E-state index contributed by atoms with van der Waals surface area (Å²) in [6.07, 6.45) is 1.78. The van der Waals surface area contributed by atoms with E-state index in [4.69, 9.17) is 24.7 Å². The third-order valence-corrected chi connectivity index (χ3v) is 4.58. The highest BCUT2D eigenvalue weighted by molar-refractivity contribution is 5.76. The Kier molecular flexibility index (Phi) is 11.2. The number of carbonyl (C=O) groups is 4. The number of hydrogen-bond donors (Lipinski definition) is 2. The van der Waals surface area contributed by atoms with Crippen molar-refractivity contribution in [1.29, 1.82) is 0 Å². The predicted molar refractivity (Wildman–Crippen MR) is 113 cm³/mol. The van der Waals surface area contributed by atoms with Crippen LogP contribution in [0, 0.1) is 5.92 Å². The minimum Gasteiger partial charge on any atom is -0.480 e. The molecule has 0 saturated carbocycles. The average Bonchev–Trinajstić information content (AvgIpc) is 2.70. The Morgan fingerprint density at radius 3 is 2.19 bits per heavy atom. The molecular weight excluding hydrogens is 422 g/mol. The van der Waals surface area contributed by atoms with Crippen LogP contribution in [0.3, 0.4) is 0 Å². The molecule has 0 bridgehead atoms. The van der Waals surface area contributed by atoms with Crippen molar-refractivity contribution in [3.63, 3.8) is 0 Å². The van der Waals surface area contributed by atoms with Crippen LogP contribution in [0.2, 0.25) is 0 Å². The molecule has 0 amide bonds. The molecule has 0 aliphatic heterocycles. The van der Waals surface area contributed by atoms with Gasteiger partial charge in [-0.15, -0.1) is 0 Å². The molecule has 32 heavy (non-hydrogen) atoms. The van der Waals surface area contributed by atoms with Gasteiger partial charge < -0.3 is 29.8 Å². The maximum atomic E-state index is 11.8. The van der Waals surface area contributed by atoms with Crippen LogP contribution in [0.25, 0.3) is 0 Å². The normalized spacial score (nSPS) is 13.4. The fourth-order valence-electron chi connectivity index (χ4n) is 3.10. The predicted octanol–water partition coefficient (Wildman–Crippen LogP) is 3.01. The molecule has 0 fully saturated rings. The molecule has 3 atom stereocenters. The van der Waals surface area contributed by atoms with Gasteiger partial charge in [0, 0.05) is 19.8 Å². The number of rotatable bonds is 12. The molecule has 0 aliphatic carbocycles. The fourth-order valence-corrected chi connectivity index (χ4v) is 3.10. The highest BCUT2D eigenvalue weighted by Crippen LogP contribution is 2.35. The smallest absolute Gasteiger partial charge is 0.480 e. The molecule has 1 aromatic rings. The molecule has 3 N–H and O–H groups in total. The largest absolute Gasteiger partial charge is 0.508 e. The second-order valence-electron chi connectivity index (χ2n) is 7.38. The van der Waals surface area contributed by atoms with Gasteiger partial charge in [0.15, 0.2) is 11.5 Å². The van der Waals surface area contributed by atoms with Crippen LogP contribution in [0.5, 0.6) is 11.5 Å². The van der Waals surface area contributed by atoms with Gasteiger partial charge in [0.1, 0.15) is 6.04 Å². The van der Waals surface area contributed by atoms with Crippen LogP contribution in [0.15, 0.2) is 18.2 Å². The topological polar surface area (TPSA) is 151 Å². The Hall–Kier alpha value is -3.14. The van der Waals surface area contributed by atoms with Gasteiger partial charge in [-0.25, -0.2) is 4.79 Å². The second kappa shape index (κ2) is 13.3. The number of hydrogen-bond acceptors (Lipinski definition) is 9. The minimum atomic E-state index is -1.35. The third kappa shape index (κ3) is 8.93. The van der Waals surface area contributed by atoms with E-state index in [9.17, 15) is 24.3 Å². The summed E-state index contributed by atoms with van der Waals surface area (Å²) in [6, 6.07) is 2.93. The number of benzene rings is 1. The summed E-state index contributed by atoms with van der Waals surface area (Å²) in [5, 5.41) is 9.48. The van der Waals surface area contributed by atoms with E-state index in [0.29, 0.717) is 5.56 Å². The summed E-state index contributed by atoms with van der Waals surface area (Å²) in [6.45, 7) is 6.15. The van der Waals surface area contributed by atoms with E-state index in [0.717, 1.165) is 19.3 Å². The van der Waals surface area contributed by atoms with Gasteiger partial charge in [0.05, 0.1) is 13.2 Å². The molecule has 178 valence electrons. The quantitative estimate of drug-likeness (QED) is 0.274. The van der Waals surface area contributed by atoms with Gasteiger partial charge in [-0.05, 0) is 30.0 Å². The van der Waals surface area contributed by atoms with E-state index in [-0.39, 0.29) is 24.7 Å². The summed E-state index contributed by atoms with van der Waals surface area (Å²) in [5.41, 5.74) is 6.32. The lowest BCUT2D eigenvalue weighted by molar-refractivity contribution is -0.139. The van der Waals surface area contributed by atoms with Crippen LogP contribution in [0.4, 0.5) is 4.79 Å². The molecule has 0 radical (unpaired) electrons. The molecule has 0 aliphatic rings. The van der Waals surface area contributed by atoms with Gasteiger partial charge in [-0.2, -0.15) is 0 Å². The number of esters is 2. The maximum absolute atomic E-state index is 11.8. The summed E-state index contributed by atoms with van der Waals surface area (Å²) >= 11 is 0. The van der Waals surface area contributed by atoms with Crippen molar-refractivity contribution in [1.82, 2.24) is 0 Å². The van der Waals surface area contributed by atoms with Crippen molar-refractivity contribution in [3.8, 4) is 11.5 Å². The SMILES string of the molecule is CCCCCOC(=O)OCC(C)C(c1ccc(OC(C)=O)c(OC(C)=O)c1)[C@H](N)C(=O)O. The highest BCUT2D eigenvalue weighted by Gasteiger charge is 2.32. The van der Waals surface area contributed by atoms with E-state index in [1.807, 2.05) is 6.92 Å². The molecule has 10 heteroatoms. The first-order valence-electron chi connectivity index (χ1n) is 10.4. The zero-order valence-electron chi connectivity index (χ0n) is 18.8. The van der Waals surface area contributed by atoms with E-state index in [2.05, 4.69) is 0 Å². The van der Waals surface area contributed by atoms with Gasteiger partial charge in [0.2, 0.25) is 0 Å². The second-order valence-corrected chi connectivity index (χ2v) is 7.38. The van der Waals surface area contributed by atoms with Crippen LogP contribution in [0.1, 0.15) is 58.4 Å². The standard InChI is InChI=1S/C22H31NO9/c1-5-6-7-10-29-22(28)30-12-13(2)19(20(23)21(26)27)16-8-9-17(31-14(3)24)18(11-16)32-15(4)25/h8-9,11,13,19-20H,5-7,10,12,23H2,1-4H3,(H,26,27)/t13?,19?,20-/m0/s1. The lowest BCUT2D eigenvalue weighted by Crippen LogP contribution is -2.40. The lowest BCUT2D eigenvalue weighted by atomic mass is 9.82. The summed E-state index contributed by atoms with van der Waals surface area (Å²) in [7, 11) is 0. The summed E-state index contributed by atoms with van der Waals surface area (Å²) in [5.74, 6) is -3.95. The number of unbranched alkanes of at least 4 members (excludes halogenated alkanes) is 2. The van der Waals surface area contributed by atoms with Crippen LogP contribution >= 0.6 is 0 Å². The summed E-state index contributed by atoms with van der Waals surface area (Å²) in [4.78, 5) is 46.2. The molecule has 0 heterocycles. The van der Waals surface area contributed by atoms with Gasteiger partial charge >= 0.3 is 24.1 Å². The van der Waals surface area contributed by atoms with Gasteiger partial charge in [0.25, 0.3) is 0 Å². The van der Waals surface area contributed by atoms with Crippen molar-refractivity contribution in [2.75, 3.05) is 13.2 Å². The molecule has 0 aromatic heterocycles. The molecule has 1 rings (SSSR count). The molecule has 2 unspecified atom stereocenters. The van der Waals surface area contributed by atoms with Crippen molar-refractivity contribution in [3.05, 3.63) is 23.8 Å². The van der Waals surface area contributed by atoms with Crippen molar-refractivity contribution < 1.29 is 43.2 Å². The number of carbonyl (C=O) groups excluding carboxylic acids is 3. The van der Waals surface area contributed by atoms with E-state index < -0.39 is 41.9 Å². The Balaban J connectivity index is 3.07. The Labute approximate surface area is 187 Å². The Morgan fingerprint density at radius 1 is 1.00 bits per heavy atom. The van der Waals surface area contributed by atoms with Crippen molar-refractivity contribution in [2.45, 2.75) is 58.9 Å². The minimum absolute atomic E-state index is 0.00124. The van der Waals surface area contributed by atoms with Crippen molar-refractivity contribution >= 4 is 24.1 Å². The molecule has 0 spiro atoms. The molecule has 10 nitrogen and oxygen atoms in total. The van der Waals surface area contributed by atoms with Gasteiger partial charge in [-0.1, -0.05) is 32.8 Å². The number of aliphatic carboxylic acids is 1. The monoisotopic (exact) mass is 453 g/mol. The first-order valence-corrected chi connectivity index (χ1v) is 10.4. The summed E-state index contributed by atoms with van der Waals surface area (Å²) < 4.78 is 20.3. The number of carboxylic acid groups (broad SMARTS) is 1. The van der Waals surface area contributed by atoms with E-state index in [1.54, 1.807) is 6.92 Å². The van der Waals surface area contributed by atoms with Crippen molar-refractivity contribution in [2.24, 2.45) is 11.7 Å². The average molecular weight is 453 g/mol. The van der Waals surface area contributed by atoms with Crippen LogP contribution in [-0.2, 0) is 23.9 Å². The van der Waals surface area contributed by atoms with E-state index >= 15 is 0 Å². The van der Waals surface area contributed by atoms with E-state index in [1.165, 1.54) is 32.0 Å². The third-order valence-electron chi connectivity index (χ3n) is 4.58. The lowest BCUT2D eigenvalue weighted by Gasteiger charge is -2.27. The first kappa shape index (κ1) is 26.9. The molecular formula is C22H31NO9. The first-order chi connectivity index (χ1) is 15.1. The zero-order valence-corrected chi connectivity index (χ0v) is 18.8. The Bertz CT molecular complexity index is 809. The van der Waals surface area contributed by atoms with Crippen LogP contribution < -0.4 is 15.2 Å². The molecule has 1 aromatic carbocycles.